The lowest BCUT2D eigenvalue weighted by Crippen LogP contribution is -2.61. The zero-order chi connectivity index (χ0) is 19.1. The topological polar surface area (TPSA) is 114 Å². The Hall–Kier alpha value is -1.20. The van der Waals surface area contributed by atoms with Crippen molar-refractivity contribution in [2.45, 2.75) is 50.2 Å². The Morgan fingerprint density at radius 2 is 1.44 bits per heavy atom. The van der Waals surface area contributed by atoms with Crippen LogP contribution in [0, 0.1) is 0 Å². The number of hydrogen-bond acceptors (Lipinski definition) is 9. The van der Waals surface area contributed by atoms with Crippen LogP contribution in [0.5, 0.6) is 0 Å². The Labute approximate surface area is 160 Å². The third-order valence-corrected chi connectivity index (χ3v) is 4.20. The summed E-state index contributed by atoms with van der Waals surface area (Å²) in [6.45, 7) is 3.28. The van der Waals surface area contributed by atoms with Crippen LogP contribution < -0.4 is 0 Å². The van der Waals surface area contributed by atoms with Gasteiger partial charge in [-0.15, -0.1) is 0 Å². The van der Waals surface area contributed by atoms with E-state index in [0.717, 1.165) is 13.8 Å². The summed E-state index contributed by atoms with van der Waals surface area (Å²) in [5.74, 6) is -2.53. The molecule has 5 atom stereocenters. The van der Waals surface area contributed by atoms with Crippen LogP contribution in [0.4, 0.5) is 0 Å². The van der Waals surface area contributed by atoms with Crippen molar-refractivity contribution in [2.24, 2.45) is 0 Å². The molecule has 0 bridgehead atoms. The summed E-state index contributed by atoms with van der Waals surface area (Å²) in [6.07, 6.45) is -4.29. The molecule has 0 aromatic heterocycles. The fourth-order valence-corrected chi connectivity index (χ4v) is 2.99. The van der Waals surface area contributed by atoms with E-state index in [4.69, 9.17) is 23.7 Å². The molecule has 1 rings (SSSR count). The van der Waals surface area contributed by atoms with E-state index in [-0.39, 0.29) is 11.9 Å². The zero-order valence-corrected chi connectivity index (χ0v) is 16.9. The third-order valence-electron chi connectivity index (χ3n) is 3.01. The van der Waals surface area contributed by atoms with E-state index in [1.807, 2.05) is 0 Å². The van der Waals surface area contributed by atoms with Crippen LogP contribution in [-0.2, 0) is 42.9 Å². The molecular formula is C14H18Br2O9. The quantitative estimate of drug-likeness (QED) is 0.304. The highest BCUT2D eigenvalue weighted by Crippen LogP contribution is 2.31. The van der Waals surface area contributed by atoms with Crippen molar-refractivity contribution < 1.29 is 42.9 Å². The number of halogens is 2. The second kappa shape index (κ2) is 10.1. The first kappa shape index (κ1) is 21.8. The summed E-state index contributed by atoms with van der Waals surface area (Å²) in [5, 5.41) is -0.974. The van der Waals surface area contributed by atoms with Crippen molar-refractivity contribution in [3.05, 3.63) is 0 Å². The summed E-state index contributed by atoms with van der Waals surface area (Å²) >= 11 is 6.16. The Morgan fingerprint density at radius 1 is 0.880 bits per heavy atom. The highest BCUT2D eigenvalue weighted by Gasteiger charge is 2.51. The van der Waals surface area contributed by atoms with E-state index in [2.05, 4.69) is 31.9 Å². The average molecular weight is 490 g/mol. The summed E-state index contributed by atoms with van der Waals surface area (Å²) in [6, 6.07) is 0. The van der Waals surface area contributed by atoms with E-state index in [0.29, 0.717) is 0 Å². The summed E-state index contributed by atoms with van der Waals surface area (Å²) in [5.41, 5.74) is 0. The third kappa shape index (κ3) is 6.90. The van der Waals surface area contributed by atoms with Gasteiger partial charge in [-0.25, -0.2) is 0 Å². The van der Waals surface area contributed by atoms with Crippen molar-refractivity contribution in [2.75, 3.05) is 11.9 Å². The van der Waals surface area contributed by atoms with Gasteiger partial charge in [0.25, 0.3) is 0 Å². The van der Waals surface area contributed by atoms with Gasteiger partial charge in [-0.2, -0.15) is 0 Å². The van der Waals surface area contributed by atoms with E-state index >= 15 is 0 Å². The van der Waals surface area contributed by atoms with Gasteiger partial charge >= 0.3 is 23.9 Å². The molecule has 9 nitrogen and oxygen atoms in total. The largest absolute Gasteiger partial charge is 0.463 e. The van der Waals surface area contributed by atoms with Gasteiger partial charge in [0.2, 0.25) is 0 Å². The van der Waals surface area contributed by atoms with Crippen LogP contribution in [-0.4, -0.2) is 65.2 Å². The lowest BCUT2D eigenvalue weighted by atomic mass is 9.99. The Kier molecular flexibility index (Phi) is 8.80. The smallest absolute Gasteiger partial charge is 0.317 e. The van der Waals surface area contributed by atoms with Gasteiger partial charge in [-0.1, -0.05) is 31.9 Å². The van der Waals surface area contributed by atoms with Crippen LogP contribution in [0.1, 0.15) is 20.8 Å². The maximum atomic E-state index is 11.6. The molecule has 0 amide bonds. The monoisotopic (exact) mass is 488 g/mol. The molecule has 0 aromatic carbocycles. The van der Waals surface area contributed by atoms with E-state index < -0.39 is 53.3 Å². The maximum Gasteiger partial charge on any atom is 0.317 e. The zero-order valence-electron chi connectivity index (χ0n) is 13.7. The minimum absolute atomic E-state index is 0.0921. The van der Waals surface area contributed by atoms with E-state index in [9.17, 15) is 19.2 Å². The number of ether oxygens (including phenoxy) is 5. The molecule has 0 unspecified atom stereocenters. The van der Waals surface area contributed by atoms with Crippen LogP contribution in [0.3, 0.4) is 0 Å². The van der Waals surface area contributed by atoms with Crippen LogP contribution in [0.2, 0.25) is 0 Å². The number of esters is 4. The number of rotatable bonds is 6. The highest BCUT2D eigenvalue weighted by atomic mass is 79.9. The molecule has 142 valence electrons. The number of carbonyl (C=O) groups excluding carboxylic acids is 4. The van der Waals surface area contributed by atoms with Gasteiger partial charge in [-0.3, -0.25) is 19.2 Å². The van der Waals surface area contributed by atoms with Gasteiger partial charge in [0.05, 0.1) is 0 Å². The number of carbonyl (C=O) groups is 4. The highest BCUT2D eigenvalue weighted by molar-refractivity contribution is 9.09. The van der Waals surface area contributed by atoms with Gasteiger partial charge in [0.1, 0.15) is 18.0 Å². The van der Waals surface area contributed by atoms with Crippen LogP contribution >= 0.6 is 31.9 Å². The predicted octanol–water partition coefficient (Wildman–Crippen LogP) is 0.839. The molecule has 1 aliphatic heterocycles. The molecule has 1 saturated heterocycles. The van der Waals surface area contributed by atoms with Crippen molar-refractivity contribution in [1.29, 1.82) is 0 Å². The first-order valence-electron chi connectivity index (χ1n) is 7.18. The second-order valence-corrected chi connectivity index (χ2v) is 6.53. The first-order valence-corrected chi connectivity index (χ1v) is 9.22. The molecule has 1 aliphatic rings. The lowest BCUT2D eigenvalue weighted by molar-refractivity contribution is -0.236. The predicted molar refractivity (Wildman–Crippen MR) is 89.0 cm³/mol. The molecule has 0 saturated carbocycles. The molecular weight excluding hydrogens is 472 g/mol. The van der Waals surface area contributed by atoms with E-state index in [1.54, 1.807) is 0 Å². The molecule has 0 aliphatic carbocycles. The molecule has 1 heterocycles. The van der Waals surface area contributed by atoms with E-state index in [1.165, 1.54) is 6.92 Å². The van der Waals surface area contributed by atoms with Crippen molar-refractivity contribution >= 4 is 55.7 Å². The maximum absolute atomic E-state index is 11.6. The van der Waals surface area contributed by atoms with Crippen LogP contribution in [0.25, 0.3) is 0 Å². The lowest BCUT2D eigenvalue weighted by Gasteiger charge is -2.42. The molecule has 25 heavy (non-hydrogen) atoms. The minimum Gasteiger partial charge on any atom is -0.463 e. The second-order valence-electron chi connectivity index (χ2n) is 5.06. The van der Waals surface area contributed by atoms with Crippen molar-refractivity contribution in [1.82, 2.24) is 0 Å². The number of hydrogen-bond donors (Lipinski definition) is 0. The minimum atomic E-state index is -1.15. The molecule has 0 radical (unpaired) electrons. The SMILES string of the molecule is CC(=O)OC[C@H]1O[C@H](Br)[C@H](OC(=O)CBr)[C@@H](OC(C)=O)[C@H]1OC(C)=O. The summed E-state index contributed by atoms with van der Waals surface area (Å²) in [7, 11) is 0. The van der Waals surface area contributed by atoms with Gasteiger partial charge < -0.3 is 23.7 Å². The Bertz CT molecular complexity index is 524. The normalized spacial score (nSPS) is 28.6. The van der Waals surface area contributed by atoms with Gasteiger partial charge in [0, 0.05) is 20.8 Å². The van der Waals surface area contributed by atoms with Gasteiger partial charge in [-0.05, 0) is 0 Å². The molecule has 0 spiro atoms. The molecule has 0 aromatic rings. The summed E-state index contributed by atoms with van der Waals surface area (Å²) < 4.78 is 26.1. The fourth-order valence-electron chi connectivity index (χ4n) is 2.17. The Morgan fingerprint density at radius 3 is 1.92 bits per heavy atom. The van der Waals surface area contributed by atoms with Crippen LogP contribution in [0.15, 0.2) is 0 Å². The van der Waals surface area contributed by atoms with Gasteiger partial charge in [0.15, 0.2) is 23.3 Å². The fraction of sp³-hybridized carbons (Fsp3) is 0.714. The molecule has 0 N–H and O–H groups in total. The summed E-state index contributed by atoms with van der Waals surface area (Å²) in [4.78, 5) is 45.6. The Balaban J connectivity index is 3.12. The number of alkyl halides is 2. The first-order chi connectivity index (χ1) is 11.6. The average Bonchev–Trinajstić information content (AvgIpc) is 2.50. The van der Waals surface area contributed by atoms with Crippen molar-refractivity contribution in [3.63, 3.8) is 0 Å². The molecule has 11 heteroatoms. The standard InChI is InChI=1S/C14H18Br2O9/c1-6(17)21-5-9-11(22-7(2)18)12(23-8(3)19)13(14(16)24-9)25-10(20)4-15/h9,11-14H,4-5H2,1-3H3/t9-,11+,12+,13-,14+/m1/s1. The molecule has 1 fully saturated rings. The van der Waals surface area contributed by atoms with Crippen molar-refractivity contribution in [3.8, 4) is 0 Å².